The van der Waals surface area contributed by atoms with Gasteiger partial charge in [0.15, 0.2) is 0 Å². The molecular formula is C39H31IrNPSSi2-. The summed E-state index contributed by atoms with van der Waals surface area (Å²) in [4.78, 5) is 5.17. The molecule has 0 fully saturated rings. The van der Waals surface area contributed by atoms with Gasteiger partial charge in [0.2, 0.25) is 0 Å². The molecular weight excluding hydrogens is 794 g/mol. The Bertz CT molecular complexity index is 2330. The molecule has 2 aliphatic rings. The van der Waals surface area contributed by atoms with E-state index in [2.05, 4.69) is 148 Å². The summed E-state index contributed by atoms with van der Waals surface area (Å²) in [6.45, 7) is 10.1. The normalized spacial score (nSPS) is 18.6. The molecule has 0 saturated carbocycles. The van der Waals surface area contributed by atoms with Gasteiger partial charge in [-0.15, -0.1) is 28.1 Å². The number of hydrogen-bond acceptors (Lipinski definition) is 2. The molecule has 0 amide bonds. The molecule has 0 saturated heterocycles. The van der Waals surface area contributed by atoms with Crippen LogP contribution in [-0.2, 0) is 31.9 Å². The first-order valence-corrected chi connectivity index (χ1v) is 24.1. The van der Waals surface area contributed by atoms with Crippen molar-refractivity contribution in [3.63, 3.8) is 0 Å². The van der Waals surface area contributed by atoms with Crippen LogP contribution in [0, 0.1) is 6.07 Å². The molecule has 0 bridgehead atoms. The first-order chi connectivity index (χ1) is 21.2. The minimum absolute atomic E-state index is 0. The van der Waals surface area contributed by atoms with Crippen molar-refractivity contribution in [2.24, 2.45) is 0 Å². The molecule has 6 aromatic carbocycles. The number of benzene rings is 6. The van der Waals surface area contributed by atoms with Crippen LogP contribution in [0.4, 0.5) is 0 Å². The zero-order valence-corrected chi connectivity index (χ0v) is 31.7. The Kier molecular flexibility index (Phi) is 6.52. The fraction of sp³-hybridized carbons (Fsp3) is 0.103. The topological polar surface area (TPSA) is 12.9 Å². The first-order valence-electron chi connectivity index (χ1n) is 15.3. The van der Waals surface area contributed by atoms with Gasteiger partial charge in [-0.05, 0) is 71.8 Å². The van der Waals surface area contributed by atoms with E-state index < -0.39 is 22.2 Å². The monoisotopic (exact) mass is 825 g/mol. The molecule has 1 atom stereocenters. The smallest absolute Gasteiger partial charge is 0.0944 e. The molecule has 0 spiro atoms. The standard InChI is InChI=1S/C39H31NPSSi2.Ir/c1-43(2)35-21-28-14-7-5-12-26(28)19-33(35)41(42)34-20-27-13-6-8-15-29(27)22-36(34)44(3,4)38-24-30(23-37(43)39(38)41)32-18-17-25-11-9-10-16-31(25)40-32;/h5-23H,1-4H3;/q-1;. The summed E-state index contributed by atoms with van der Waals surface area (Å²) >= 11 is 7.23. The Balaban J connectivity index is 0.00000300. The van der Waals surface area contributed by atoms with Gasteiger partial charge in [0.05, 0.1) is 21.7 Å². The van der Waals surface area contributed by atoms with Gasteiger partial charge in [-0.1, -0.05) is 134 Å². The van der Waals surface area contributed by atoms with Gasteiger partial charge in [-0.2, -0.15) is 0 Å². The number of pyridine rings is 1. The third kappa shape index (κ3) is 3.99. The van der Waals surface area contributed by atoms with Crippen LogP contribution in [0.3, 0.4) is 0 Å². The van der Waals surface area contributed by atoms with Gasteiger partial charge in [-0.25, -0.2) is 0 Å². The molecule has 9 rings (SSSR count). The SMILES string of the molecule is C[Si]1(C)c2[c-]c(-c3ccc4ccccc4n3)cc3c2P(=S)(c2cc4ccccc4cc21)c1cc2ccccc2cc1[Si]3(C)C.[Ir]. The predicted molar refractivity (Wildman–Crippen MR) is 201 cm³/mol. The molecule has 0 aliphatic carbocycles. The van der Waals surface area contributed by atoms with Crippen LogP contribution >= 0.6 is 6.04 Å². The van der Waals surface area contributed by atoms with Crippen molar-refractivity contribution in [3.8, 4) is 11.3 Å². The van der Waals surface area contributed by atoms with Crippen LogP contribution in [0.2, 0.25) is 26.2 Å². The third-order valence-electron chi connectivity index (χ3n) is 10.3. The van der Waals surface area contributed by atoms with E-state index in [1.165, 1.54) is 58.2 Å². The van der Waals surface area contributed by atoms with Gasteiger partial charge < -0.3 is 0 Å². The van der Waals surface area contributed by atoms with Crippen molar-refractivity contribution in [1.82, 2.24) is 4.98 Å². The maximum absolute atomic E-state index is 7.23. The molecule has 0 N–H and O–H groups in total. The molecule has 7 aromatic rings. The minimum Gasteiger partial charge on any atom is -0.296 e. The fourth-order valence-electron chi connectivity index (χ4n) is 7.82. The second-order valence-corrected chi connectivity index (χ2v) is 26.4. The van der Waals surface area contributed by atoms with E-state index in [0.717, 1.165) is 22.2 Å². The van der Waals surface area contributed by atoms with Crippen molar-refractivity contribution in [1.29, 1.82) is 0 Å². The Morgan fingerprint density at radius 1 is 0.578 bits per heavy atom. The van der Waals surface area contributed by atoms with Crippen molar-refractivity contribution < 1.29 is 20.1 Å². The number of fused-ring (bicyclic) bond motifs is 7. The Hall–Kier alpha value is -3.02. The Morgan fingerprint density at radius 3 is 1.69 bits per heavy atom. The molecule has 1 aromatic heterocycles. The third-order valence-corrected chi connectivity index (χ3v) is 22.9. The first kappa shape index (κ1) is 29.4. The minimum atomic E-state index is -2.38. The molecule has 221 valence electrons. The Labute approximate surface area is 285 Å². The van der Waals surface area contributed by atoms with Gasteiger partial charge >= 0.3 is 0 Å². The van der Waals surface area contributed by atoms with E-state index in [9.17, 15) is 0 Å². The van der Waals surface area contributed by atoms with Crippen LogP contribution in [0.25, 0.3) is 43.7 Å². The molecule has 1 nitrogen and oxygen atoms in total. The van der Waals surface area contributed by atoms with Gasteiger partial charge in [-0.3, -0.25) is 4.98 Å². The summed E-state index contributed by atoms with van der Waals surface area (Å²) in [6, 6.07) is 44.5. The quantitative estimate of drug-likeness (QED) is 0.114. The van der Waals surface area contributed by atoms with Crippen molar-refractivity contribution in [2.45, 2.75) is 26.2 Å². The number of rotatable bonds is 1. The second kappa shape index (κ2) is 9.99. The van der Waals surface area contributed by atoms with E-state index in [1.54, 1.807) is 0 Å². The molecule has 3 heterocycles. The summed E-state index contributed by atoms with van der Waals surface area (Å²) in [5.74, 6) is 0. The van der Waals surface area contributed by atoms with Crippen LogP contribution in [0.15, 0.2) is 115 Å². The van der Waals surface area contributed by atoms with Crippen LogP contribution in [-0.4, -0.2) is 21.1 Å². The Morgan fingerprint density at radius 2 is 1.09 bits per heavy atom. The summed E-state index contributed by atoms with van der Waals surface area (Å²) in [5, 5.41) is 16.5. The van der Waals surface area contributed by atoms with Crippen LogP contribution in [0.1, 0.15) is 0 Å². The largest absolute Gasteiger partial charge is 0.296 e. The van der Waals surface area contributed by atoms with E-state index in [1.807, 2.05) is 0 Å². The van der Waals surface area contributed by atoms with Crippen LogP contribution < -0.4 is 36.7 Å². The number of aromatic nitrogens is 1. The van der Waals surface area contributed by atoms with Crippen molar-refractivity contribution >= 4 is 103 Å². The maximum Gasteiger partial charge on any atom is 0.0944 e. The van der Waals surface area contributed by atoms with E-state index in [4.69, 9.17) is 16.8 Å². The van der Waals surface area contributed by atoms with Gasteiger partial charge in [0.1, 0.15) is 0 Å². The number of para-hydroxylation sites is 1. The molecule has 1 unspecified atom stereocenters. The van der Waals surface area contributed by atoms with Gasteiger partial charge in [0, 0.05) is 26.1 Å². The summed E-state index contributed by atoms with van der Waals surface area (Å²) in [5.41, 5.74) is 3.14. The van der Waals surface area contributed by atoms with E-state index in [0.29, 0.717) is 0 Å². The van der Waals surface area contributed by atoms with Crippen molar-refractivity contribution in [2.75, 3.05) is 0 Å². The second-order valence-electron chi connectivity index (χ2n) is 13.5. The number of nitrogens with zero attached hydrogens (tertiary/aromatic N) is 1. The zero-order valence-electron chi connectivity index (χ0n) is 25.6. The zero-order chi connectivity index (χ0) is 30.0. The average Bonchev–Trinajstić information content (AvgIpc) is 3.05. The van der Waals surface area contributed by atoms with Gasteiger partial charge in [0.25, 0.3) is 0 Å². The number of hydrogen-bond donors (Lipinski definition) is 0. The predicted octanol–water partition coefficient (Wildman–Crippen LogP) is 6.03. The summed E-state index contributed by atoms with van der Waals surface area (Å²) in [6.07, 6.45) is 0. The van der Waals surface area contributed by atoms with E-state index in [-0.39, 0.29) is 20.1 Å². The van der Waals surface area contributed by atoms with E-state index >= 15 is 0 Å². The average molecular weight is 825 g/mol. The fourth-order valence-corrected chi connectivity index (χ4v) is 24.1. The summed E-state index contributed by atoms with van der Waals surface area (Å²) < 4.78 is 0. The summed E-state index contributed by atoms with van der Waals surface area (Å²) in [7, 11) is -4.38. The van der Waals surface area contributed by atoms with Crippen LogP contribution in [0.5, 0.6) is 0 Å². The molecule has 45 heavy (non-hydrogen) atoms. The van der Waals surface area contributed by atoms with Crippen molar-refractivity contribution in [3.05, 3.63) is 121 Å². The molecule has 2 aliphatic heterocycles. The molecule has 1 radical (unpaired) electrons. The maximum atomic E-state index is 7.23. The molecule has 6 heteroatoms.